The molecule has 3 heterocycles. The Morgan fingerprint density at radius 2 is 1.96 bits per heavy atom. The van der Waals surface area contributed by atoms with E-state index in [0.29, 0.717) is 16.9 Å². The molecule has 6 nitrogen and oxygen atoms in total. The van der Waals surface area contributed by atoms with Gasteiger partial charge in [-0.2, -0.15) is 4.98 Å². The third-order valence-corrected chi connectivity index (χ3v) is 4.94. The Morgan fingerprint density at radius 3 is 2.57 bits per heavy atom. The summed E-state index contributed by atoms with van der Waals surface area (Å²) in [5.41, 5.74) is 7.49. The van der Waals surface area contributed by atoms with Gasteiger partial charge < -0.3 is 15.2 Å². The number of fused-ring (bicyclic) bond motifs is 1. The van der Waals surface area contributed by atoms with Gasteiger partial charge in [-0.3, -0.25) is 4.40 Å². The summed E-state index contributed by atoms with van der Waals surface area (Å²) in [4.78, 5) is 9.51. The minimum absolute atomic E-state index is 0.0114. The predicted molar refractivity (Wildman–Crippen MR) is 111 cm³/mol. The number of methoxy groups -OCH3 is 1. The number of hydrogen-bond donors (Lipinski definition) is 1. The zero-order chi connectivity index (χ0) is 20.6. The Bertz CT molecular complexity index is 1010. The van der Waals surface area contributed by atoms with Gasteiger partial charge in [0, 0.05) is 17.0 Å². The fourth-order valence-electron chi connectivity index (χ4n) is 2.73. The maximum absolute atomic E-state index is 14.2. The quantitative estimate of drug-likeness (QED) is 0.616. The van der Waals surface area contributed by atoms with E-state index in [1.54, 1.807) is 25.1 Å². The van der Waals surface area contributed by atoms with Crippen molar-refractivity contribution in [2.24, 2.45) is 0 Å². The van der Waals surface area contributed by atoms with Crippen LogP contribution in [0.3, 0.4) is 0 Å². The van der Waals surface area contributed by atoms with Crippen molar-refractivity contribution in [3.8, 4) is 22.9 Å². The summed E-state index contributed by atoms with van der Waals surface area (Å²) in [6, 6.07) is 3.20. The summed E-state index contributed by atoms with van der Waals surface area (Å²) in [6.45, 7) is 10.1. The first-order valence-electron chi connectivity index (χ1n) is 8.96. The minimum Gasteiger partial charge on any atom is -0.495 e. The number of nitrogen functional groups attached to an aromatic ring is 1. The Hall–Kier alpha value is -2.48. The molecule has 0 atom stereocenters. The summed E-state index contributed by atoms with van der Waals surface area (Å²) in [6.07, 6.45) is 3.47. The van der Waals surface area contributed by atoms with Crippen LogP contribution in [-0.2, 0) is 0 Å². The molecule has 0 saturated heterocycles. The molecule has 0 aliphatic rings. The highest BCUT2D eigenvalue weighted by Gasteiger charge is 2.21. The van der Waals surface area contributed by atoms with Gasteiger partial charge in [0.2, 0.25) is 5.88 Å². The highest BCUT2D eigenvalue weighted by molar-refractivity contribution is 8.00. The lowest BCUT2D eigenvalue weighted by Crippen LogP contribution is -2.10. The molecule has 2 N–H and O–H groups in total. The van der Waals surface area contributed by atoms with Gasteiger partial charge in [0.15, 0.2) is 11.6 Å². The van der Waals surface area contributed by atoms with Gasteiger partial charge in [-0.25, -0.2) is 9.37 Å². The molecule has 8 heteroatoms. The monoisotopic (exact) mass is 404 g/mol. The third kappa shape index (κ3) is 4.16. The van der Waals surface area contributed by atoms with Gasteiger partial charge in [-0.15, -0.1) is 11.8 Å². The molecule has 0 amide bonds. The van der Waals surface area contributed by atoms with E-state index in [-0.39, 0.29) is 22.5 Å². The van der Waals surface area contributed by atoms with Gasteiger partial charge in [0.05, 0.1) is 35.6 Å². The van der Waals surface area contributed by atoms with Crippen molar-refractivity contribution in [2.75, 3.05) is 12.8 Å². The van der Waals surface area contributed by atoms with Crippen LogP contribution in [0.25, 0.3) is 16.9 Å². The summed E-state index contributed by atoms with van der Waals surface area (Å²) >= 11 is 1.68. The van der Waals surface area contributed by atoms with Crippen molar-refractivity contribution in [1.82, 2.24) is 14.4 Å². The van der Waals surface area contributed by atoms with Crippen LogP contribution in [0.4, 0.5) is 10.2 Å². The molecular formula is C20H25FN4O2S. The van der Waals surface area contributed by atoms with Gasteiger partial charge in [0.25, 0.3) is 0 Å². The third-order valence-electron chi connectivity index (χ3n) is 3.80. The predicted octanol–water partition coefficient (Wildman–Crippen LogP) is 4.80. The number of pyridine rings is 2. The van der Waals surface area contributed by atoms with Gasteiger partial charge in [-0.05, 0) is 19.9 Å². The number of anilines is 1. The zero-order valence-electron chi connectivity index (χ0n) is 16.9. The average molecular weight is 405 g/mol. The van der Waals surface area contributed by atoms with Crippen LogP contribution in [0, 0.1) is 5.82 Å². The first-order valence-corrected chi connectivity index (χ1v) is 9.78. The highest BCUT2D eigenvalue weighted by atomic mass is 32.2. The van der Waals surface area contributed by atoms with E-state index in [1.807, 2.05) is 30.5 Å². The summed E-state index contributed by atoms with van der Waals surface area (Å²) in [7, 11) is 1.64. The van der Waals surface area contributed by atoms with Gasteiger partial charge in [-0.1, -0.05) is 20.8 Å². The van der Waals surface area contributed by atoms with E-state index in [9.17, 15) is 4.39 Å². The van der Waals surface area contributed by atoms with Crippen LogP contribution in [0.2, 0.25) is 0 Å². The van der Waals surface area contributed by atoms with Crippen LogP contribution in [-0.4, -0.2) is 32.3 Å². The first kappa shape index (κ1) is 20.3. The molecule has 0 aromatic carbocycles. The molecule has 3 aromatic rings. The van der Waals surface area contributed by atoms with Crippen molar-refractivity contribution >= 4 is 23.2 Å². The topological polar surface area (TPSA) is 74.7 Å². The first-order chi connectivity index (χ1) is 13.1. The van der Waals surface area contributed by atoms with Crippen molar-refractivity contribution in [2.45, 2.75) is 50.4 Å². The molecule has 3 rings (SSSR count). The molecule has 0 aliphatic heterocycles. The second-order valence-electron chi connectivity index (χ2n) is 7.67. The van der Waals surface area contributed by atoms with Crippen LogP contribution in [0.1, 0.15) is 34.6 Å². The SMILES string of the molecule is COc1cc2ncc(-c3cc(F)c(N)nc3OC(C)C)n2cc1SC(C)(C)C. The normalized spacial score (nSPS) is 12.0. The number of nitrogens with zero attached hydrogens (tertiary/aromatic N) is 3. The fourth-order valence-corrected chi connectivity index (χ4v) is 3.79. The number of hydrogen-bond acceptors (Lipinski definition) is 6. The number of halogens is 1. The van der Waals surface area contributed by atoms with Crippen LogP contribution in [0.15, 0.2) is 29.4 Å². The molecule has 0 spiro atoms. The molecule has 0 unspecified atom stereocenters. The van der Waals surface area contributed by atoms with Crippen LogP contribution < -0.4 is 15.2 Å². The maximum Gasteiger partial charge on any atom is 0.225 e. The molecule has 0 bridgehead atoms. The highest BCUT2D eigenvalue weighted by Crippen LogP contribution is 2.40. The summed E-state index contributed by atoms with van der Waals surface area (Å²) in [5.74, 6) is 0.221. The number of ether oxygens (including phenoxy) is 2. The van der Waals surface area contributed by atoms with E-state index in [1.165, 1.54) is 6.07 Å². The summed E-state index contributed by atoms with van der Waals surface area (Å²) < 4.78 is 27.4. The second-order valence-corrected chi connectivity index (χ2v) is 9.54. The Morgan fingerprint density at radius 1 is 1.25 bits per heavy atom. The lowest BCUT2D eigenvalue weighted by atomic mass is 10.2. The molecule has 0 aliphatic carbocycles. The molecular weight excluding hydrogens is 379 g/mol. The van der Waals surface area contributed by atoms with Crippen molar-refractivity contribution in [3.63, 3.8) is 0 Å². The molecule has 3 aromatic heterocycles. The minimum atomic E-state index is -0.598. The van der Waals surface area contributed by atoms with Crippen LogP contribution >= 0.6 is 11.8 Å². The van der Waals surface area contributed by atoms with Gasteiger partial charge in [0.1, 0.15) is 11.4 Å². The van der Waals surface area contributed by atoms with Crippen molar-refractivity contribution in [3.05, 3.63) is 30.3 Å². The summed E-state index contributed by atoms with van der Waals surface area (Å²) in [5, 5.41) is 0. The zero-order valence-corrected chi connectivity index (χ0v) is 17.7. The lowest BCUT2D eigenvalue weighted by molar-refractivity contribution is 0.233. The number of aromatic nitrogens is 3. The Balaban J connectivity index is 2.22. The van der Waals surface area contributed by atoms with E-state index >= 15 is 0 Å². The fraction of sp³-hybridized carbons (Fsp3) is 0.400. The molecule has 0 radical (unpaired) electrons. The van der Waals surface area contributed by atoms with Crippen molar-refractivity contribution in [1.29, 1.82) is 0 Å². The van der Waals surface area contributed by atoms with E-state index < -0.39 is 5.82 Å². The standard InChI is InChI=1S/C20H25FN4O2S/c1-11(2)27-19-12(7-13(21)18(22)24-19)14-9-23-17-8-15(26-6)16(10-25(14)17)28-20(3,4)5/h7-11H,1-6H3,(H2,22,24). The van der Waals surface area contributed by atoms with Crippen LogP contribution in [0.5, 0.6) is 11.6 Å². The molecule has 150 valence electrons. The Labute approximate surface area is 168 Å². The largest absolute Gasteiger partial charge is 0.495 e. The lowest BCUT2D eigenvalue weighted by Gasteiger charge is -2.20. The smallest absolute Gasteiger partial charge is 0.225 e. The Kier molecular flexibility index (Phi) is 5.43. The molecule has 0 saturated carbocycles. The van der Waals surface area contributed by atoms with E-state index in [0.717, 1.165) is 10.6 Å². The average Bonchev–Trinajstić information content (AvgIpc) is 2.98. The number of imidazole rings is 1. The second kappa shape index (κ2) is 7.50. The number of nitrogens with two attached hydrogens (primary N) is 1. The van der Waals surface area contributed by atoms with E-state index in [2.05, 4.69) is 30.7 Å². The number of rotatable bonds is 5. The molecule has 0 fully saturated rings. The van der Waals surface area contributed by atoms with E-state index in [4.69, 9.17) is 15.2 Å². The number of thioether (sulfide) groups is 1. The maximum atomic E-state index is 14.2. The van der Waals surface area contributed by atoms with Crippen molar-refractivity contribution < 1.29 is 13.9 Å². The van der Waals surface area contributed by atoms with Gasteiger partial charge >= 0.3 is 0 Å². The molecule has 28 heavy (non-hydrogen) atoms.